The quantitative estimate of drug-likeness (QED) is 0.497. The van der Waals surface area contributed by atoms with Crippen molar-refractivity contribution in [3.8, 4) is 11.3 Å². The van der Waals surface area contributed by atoms with Crippen LogP contribution in [0.4, 0.5) is 0 Å². The maximum atomic E-state index is 13.3. The predicted molar refractivity (Wildman–Crippen MR) is 126 cm³/mol. The number of carbonyl (C=O) groups is 1. The van der Waals surface area contributed by atoms with Gasteiger partial charge in [-0.05, 0) is 52.3 Å². The van der Waals surface area contributed by atoms with E-state index in [0.717, 1.165) is 27.9 Å². The van der Waals surface area contributed by atoms with Gasteiger partial charge >= 0.3 is 0 Å². The fraction of sp³-hybridized carbons (Fsp3) is 0.280. The van der Waals surface area contributed by atoms with Crippen LogP contribution in [-0.4, -0.2) is 25.7 Å². The molecule has 0 unspecified atom stereocenters. The van der Waals surface area contributed by atoms with Gasteiger partial charge in [-0.3, -0.25) is 9.59 Å². The van der Waals surface area contributed by atoms with E-state index in [0.29, 0.717) is 22.5 Å². The number of aryl methyl sites for hydroxylation is 3. The molecule has 0 aliphatic carbocycles. The molecule has 0 aliphatic heterocycles. The molecule has 0 spiro atoms. The molecular formula is C25H27N5O2. The zero-order chi connectivity index (χ0) is 23.0. The molecule has 0 bridgehead atoms. The highest BCUT2D eigenvalue weighted by molar-refractivity contribution is 6.07. The number of nitrogens with one attached hydrogen (secondary N) is 2. The van der Waals surface area contributed by atoms with Crippen LogP contribution in [0.25, 0.3) is 22.3 Å². The van der Waals surface area contributed by atoms with E-state index in [2.05, 4.69) is 15.4 Å². The van der Waals surface area contributed by atoms with E-state index in [1.54, 1.807) is 6.07 Å². The number of rotatable bonds is 5. The van der Waals surface area contributed by atoms with E-state index < -0.39 is 0 Å². The van der Waals surface area contributed by atoms with Gasteiger partial charge in [-0.2, -0.15) is 5.10 Å². The second-order valence-corrected chi connectivity index (χ2v) is 8.37. The summed E-state index contributed by atoms with van der Waals surface area (Å²) in [6.45, 7) is 9.81. The van der Waals surface area contributed by atoms with Gasteiger partial charge in [-0.1, -0.05) is 30.3 Å². The Morgan fingerprint density at radius 3 is 2.50 bits per heavy atom. The van der Waals surface area contributed by atoms with E-state index >= 15 is 0 Å². The Labute approximate surface area is 186 Å². The molecule has 0 aliphatic rings. The minimum atomic E-state index is -0.264. The molecule has 4 aromatic rings. The van der Waals surface area contributed by atoms with Crippen molar-refractivity contribution < 1.29 is 4.79 Å². The van der Waals surface area contributed by atoms with Gasteiger partial charge < -0.3 is 10.3 Å². The molecule has 7 nitrogen and oxygen atoms in total. The number of aromatic nitrogens is 4. The maximum Gasteiger partial charge on any atom is 0.253 e. The number of H-pyrrole nitrogens is 1. The second-order valence-electron chi connectivity index (χ2n) is 8.37. The standard InChI is InChI=1S/C25H27N5O2/c1-14(2)30-23-22(17(5)29-30)19(12-21(28-23)18-9-7-6-8-10-18)24(31)26-13-20-15(3)11-16(4)27-25(20)32/h6-12,14H,13H2,1-5H3,(H,26,31)(H,27,32). The lowest BCUT2D eigenvalue weighted by Crippen LogP contribution is -2.28. The van der Waals surface area contributed by atoms with Gasteiger partial charge in [0, 0.05) is 29.4 Å². The number of hydrogen-bond donors (Lipinski definition) is 2. The molecule has 0 saturated carbocycles. The lowest BCUT2D eigenvalue weighted by Gasteiger charge is -2.12. The van der Waals surface area contributed by atoms with Crippen molar-refractivity contribution in [1.29, 1.82) is 0 Å². The fourth-order valence-electron chi connectivity index (χ4n) is 3.97. The van der Waals surface area contributed by atoms with Crippen molar-refractivity contribution in [2.24, 2.45) is 0 Å². The molecule has 0 atom stereocenters. The number of aromatic amines is 1. The highest BCUT2D eigenvalue weighted by atomic mass is 16.1. The summed E-state index contributed by atoms with van der Waals surface area (Å²) in [5.41, 5.74) is 5.55. The molecule has 2 N–H and O–H groups in total. The van der Waals surface area contributed by atoms with Crippen LogP contribution < -0.4 is 10.9 Å². The third-order valence-corrected chi connectivity index (χ3v) is 5.56. The first-order valence-electron chi connectivity index (χ1n) is 10.7. The third-order valence-electron chi connectivity index (χ3n) is 5.56. The Kier molecular flexibility index (Phi) is 5.65. The molecule has 0 saturated heterocycles. The fourth-order valence-corrected chi connectivity index (χ4v) is 3.97. The molecule has 3 heterocycles. The summed E-state index contributed by atoms with van der Waals surface area (Å²) in [4.78, 5) is 33.4. The van der Waals surface area contributed by atoms with Gasteiger partial charge in [-0.25, -0.2) is 9.67 Å². The summed E-state index contributed by atoms with van der Waals surface area (Å²) in [7, 11) is 0. The average molecular weight is 430 g/mol. The van der Waals surface area contributed by atoms with Gasteiger partial charge in [0.25, 0.3) is 11.5 Å². The van der Waals surface area contributed by atoms with Crippen LogP contribution in [0.1, 0.15) is 52.8 Å². The number of pyridine rings is 2. The second kappa shape index (κ2) is 8.42. The number of carbonyl (C=O) groups excluding carboxylic acids is 1. The summed E-state index contributed by atoms with van der Waals surface area (Å²) in [5, 5.41) is 8.30. The lowest BCUT2D eigenvalue weighted by molar-refractivity contribution is 0.0952. The van der Waals surface area contributed by atoms with Crippen LogP contribution in [0.15, 0.2) is 47.3 Å². The highest BCUT2D eigenvalue weighted by Crippen LogP contribution is 2.28. The van der Waals surface area contributed by atoms with Gasteiger partial charge in [-0.15, -0.1) is 0 Å². The van der Waals surface area contributed by atoms with Crippen LogP contribution in [0.3, 0.4) is 0 Å². The number of amides is 1. The first kappa shape index (κ1) is 21.5. The van der Waals surface area contributed by atoms with Gasteiger partial charge in [0.05, 0.1) is 22.3 Å². The van der Waals surface area contributed by atoms with E-state index in [4.69, 9.17) is 4.98 Å². The van der Waals surface area contributed by atoms with Crippen molar-refractivity contribution >= 4 is 16.9 Å². The van der Waals surface area contributed by atoms with E-state index in [-0.39, 0.29) is 24.1 Å². The Balaban J connectivity index is 1.80. The predicted octanol–water partition coefficient (Wildman–Crippen LogP) is 4.22. The van der Waals surface area contributed by atoms with Gasteiger partial charge in [0.2, 0.25) is 0 Å². The maximum absolute atomic E-state index is 13.3. The summed E-state index contributed by atoms with van der Waals surface area (Å²) in [6.07, 6.45) is 0. The van der Waals surface area contributed by atoms with Crippen molar-refractivity contribution in [2.75, 3.05) is 0 Å². The molecule has 0 fully saturated rings. The van der Waals surface area contributed by atoms with Crippen molar-refractivity contribution in [3.63, 3.8) is 0 Å². The minimum Gasteiger partial charge on any atom is -0.348 e. The van der Waals surface area contributed by atoms with Crippen LogP contribution in [0, 0.1) is 20.8 Å². The monoisotopic (exact) mass is 429 g/mol. The Hall–Kier alpha value is -3.74. The summed E-state index contributed by atoms with van der Waals surface area (Å²) in [6, 6.07) is 13.6. The normalized spacial score (nSPS) is 11.3. The first-order valence-corrected chi connectivity index (χ1v) is 10.7. The Morgan fingerprint density at radius 2 is 1.84 bits per heavy atom. The Bertz CT molecular complexity index is 1370. The number of hydrogen-bond acceptors (Lipinski definition) is 4. The highest BCUT2D eigenvalue weighted by Gasteiger charge is 2.21. The molecule has 32 heavy (non-hydrogen) atoms. The summed E-state index contributed by atoms with van der Waals surface area (Å²) in [5.74, 6) is -0.264. The third kappa shape index (κ3) is 3.93. The average Bonchev–Trinajstić information content (AvgIpc) is 3.09. The molecule has 0 radical (unpaired) electrons. The number of fused-ring (bicyclic) bond motifs is 1. The number of nitrogens with zero attached hydrogens (tertiary/aromatic N) is 3. The minimum absolute atomic E-state index is 0.0920. The molecule has 164 valence electrons. The molecule has 1 amide bonds. The van der Waals surface area contributed by atoms with Crippen LogP contribution in [-0.2, 0) is 6.54 Å². The smallest absolute Gasteiger partial charge is 0.253 e. The molecule has 7 heteroatoms. The van der Waals surface area contributed by atoms with E-state index in [9.17, 15) is 9.59 Å². The van der Waals surface area contributed by atoms with Crippen LogP contribution in [0.2, 0.25) is 0 Å². The molecular weight excluding hydrogens is 402 g/mol. The van der Waals surface area contributed by atoms with E-state index in [1.807, 2.05) is 75.7 Å². The molecule has 4 rings (SSSR count). The van der Waals surface area contributed by atoms with Crippen molar-refractivity contribution in [1.82, 2.24) is 25.1 Å². The molecule has 3 aromatic heterocycles. The first-order chi connectivity index (χ1) is 15.3. The lowest BCUT2D eigenvalue weighted by atomic mass is 10.0. The van der Waals surface area contributed by atoms with Crippen molar-refractivity contribution in [3.05, 3.63) is 80.9 Å². The SMILES string of the molecule is Cc1cc(C)c(CNC(=O)c2cc(-c3ccccc3)nc3c2c(C)nn3C(C)C)c(=O)[nH]1. The summed E-state index contributed by atoms with van der Waals surface area (Å²) >= 11 is 0. The number of benzene rings is 1. The zero-order valence-corrected chi connectivity index (χ0v) is 19.0. The molecule has 1 aromatic carbocycles. The van der Waals surface area contributed by atoms with Gasteiger partial charge in [0.1, 0.15) is 0 Å². The van der Waals surface area contributed by atoms with Gasteiger partial charge in [0.15, 0.2) is 5.65 Å². The van der Waals surface area contributed by atoms with Crippen LogP contribution in [0.5, 0.6) is 0 Å². The largest absolute Gasteiger partial charge is 0.348 e. The Morgan fingerprint density at radius 1 is 1.12 bits per heavy atom. The zero-order valence-electron chi connectivity index (χ0n) is 19.0. The topological polar surface area (TPSA) is 92.7 Å². The van der Waals surface area contributed by atoms with E-state index in [1.165, 1.54) is 0 Å². The van der Waals surface area contributed by atoms with Crippen molar-refractivity contribution in [2.45, 2.75) is 47.2 Å². The summed E-state index contributed by atoms with van der Waals surface area (Å²) < 4.78 is 1.85. The van der Waals surface area contributed by atoms with Crippen LogP contribution >= 0.6 is 0 Å².